The van der Waals surface area contributed by atoms with Crippen molar-refractivity contribution in [3.63, 3.8) is 0 Å². The third kappa shape index (κ3) is 40.1. The van der Waals surface area contributed by atoms with Gasteiger partial charge in [-0.2, -0.15) is 0 Å². The van der Waals surface area contributed by atoms with Crippen molar-refractivity contribution in [2.75, 3.05) is 26.4 Å². The molecular weight excluding hydrogens is 731 g/mol. The fourth-order valence-electron chi connectivity index (χ4n) is 5.74. The van der Waals surface area contributed by atoms with Crippen LogP contribution in [-0.4, -0.2) is 65.7 Å². The van der Waals surface area contributed by atoms with Gasteiger partial charge in [0.15, 0.2) is 6.10 Å². The Kier molecular flexibility index (Phi) is 39.6. The third-order valence-electron chi connectivity index (χ3n) is 9.21. The van der Waals surface area contributed by atoms with Gasteiger partial charge in [-0.05, 0) is 70.6 Å². The smallest absolute Gasteiger partial charge is 0.462 e. The highest BCUT2D eigenvalue weighted by Gasteiger charge is 2.27. The van der Waals surface area contributed by atoms with E-state index in [1.807, 2.05) is 0 Å². The fourth-order valence-corrected chi connectivity index (χ4v) is 6.53. The molecule has 0 aliphatic rings. The second-order valence-electron chi connectivity index (χ2n) is 14.7. The summed E-state index contributed by atoms with van der Waals surface area (Å²) in [4.78, 5) is 35.0. The topological polar surface area (TPSA) is 149 Å². The van der Waals surface area contributed by atoms with Crippen molar-refractivity contribution in [1.82, 2.24) is 0 Å². The summed E-state index contributed by atoms with van der Waals surface area (Å²) in [7, 11) is -4.62. The highest BCUT2D eigenvalue weighted by Crippen LogP contribution is 2.43. The molecule has 0 aromatic rings. The zero-order valence-electron chi connectivity index (χ0n) is 35.3. The van der Waals surface area contributed by atoms with E-state index in [0.29, 0.717) is 12.8 Å². The molecule has 0 aliphatic heterocycles. The number of aliphatic hydroxyl groups excluding tert-OH is 2. The van der Waals surface area contributed by atoms with Gasteiger partial charge in [-0.3, -0.25) is 18.6 Å². The number of aliphatic hydroxyl groups is 2. The lowest BCUT2D eigenvalue weighted by Gasteiger charge is -2.20. The lowest BCUT2D eigenvalue weighted by atomic mass is 10.1. The van der Waals surface area contributed by atoms with Crippen LogP contribution in [0.25, 0.3) is 0 Å². The SMILES string of the molecule is CCCC/C=C\C/C=C\CCCCCCCC(=O)OC[C@H](COP(=O)(O)OC[C@@H](O)CO)OC(=O)CCCCCCCCCCC/C=C\C/C=C\CCCCC. The van der Waals surface area contributed by atoms with Gasteiger partial charge in [0, 0.05) is 12.8 Å². The maximum absolute atomic E-state index is 12.6. The summed E-state index contributed by atoms with van der Waals surface area (Å²) in [5, 5.41) is 18.3. The van der Waals surface area contributed by atoms with Crippen molar-refractivity contribution in [2.45, 2.75) is 199 Å². The number of hydrogen-bond donors (Lipinski definition) is 3. The van der Waals surface area contributed by atoms with Gasteiger partial charge in [-0.15, -0.1) is 0 Å². The summed E-state index contributed by atoms with van der Waals surface area (Å²) in [6.07, 6.45) is 43.5. The minimum atomic E-state index is -4.62. The van der Waals surface area contributed by atoms with Gasteiger partial charge in [0.2, 0.25) is 0 Å². The molecule has 3 N–H and O–H groups in total. The van der Waals surface area contributed by atoms with E-state index in [-0.39, 0.29) is 19.4 Å². The third-order valence-corrected chi connectivity index (χ3v) is 10.2. The summed E-state index contributed by atoms with van der Waals surface area (Å²) in [6, 6.07) is 0. The molecule has 0 fully saturated rings. The Morgan fingerprint density at radius 1 is 0.536 bits per heavy atom. The van der Waals surface area contributed by atoms with E-state index in [4.69, 9.17) is 19.1 Å². The monoisotopic (exact) mass is 813 g/mol. The zero-order chi connectivity index (χ0) is 41.2. The summed E-state index contributed by atoms with van der Waals surface area (Å²) in [5.41, 5.74) is 0. The average molecular weight is 813 g/mol. The summed E-state index contributed by atoms with van der Waals surface area (Å²) >= 11 is 0. The minimum Gasteiger partial charge on any atom is -0.462 e. The Bertz CT molecular complexity index is 1070. The molecule has 0 aromatic carbocycles. The Balaban J connectivity index is 4.30. The van der Waals surface area contributed by atoms with Crippen LogP contribution in [0.2, 0.25) is 0 Å². The van der Waals surface area contributed by atoms with E-state index < -0.39 is 51.8 Å². The lowest BCUT2D eigenvalue weighted by Crippen LogP contribution is -2.29. The van der Waals surface area contributed by atoms with Crippen molar-refractivity contribution in [1.29, 1.82) is 0 Å². The molecule has 3 atom stereocenters. The predicted molar refractivity (Wildman–Crippen MR) is 228 cm³/mol. The van der Waals surface area contributed by atoms with Gasteiger partial charge in [-0.25, -0.2) is 4.57 Å². The van der Waals surface area contributed by atoms with Crippen molar-refractivity contribution < 1.29 is 47.8 Å². The number of carbonyl (C=O) groups is 2. The van der Waals surface area contributed by atoms with Crippen LogP contribution >= 0.6 is 7.82 Å². The molecule has 0 heterocycles. The highest BCUT2D eigenvalue weighted by atomic mass is 31.2. The largest absolute Gasteiger partial charge is 0.472 e. The minimum absolute atomic E-state index is 0.175. The molecular formula is C45H81O10P. The van der Waals surface area contributed by atoms with E-state index in [9.17, 15) is 24.2 Å². The van der Waals surface area contributed by atoms with Crippen molar-refractivity contribution in [2.24, 2.45) is 0 Å². The number of hydrogen-bond acceptors (Lipinski definition) is 9. The maximum Gasteiger partial charge on any atom is 0.472 e. The normalized spacial score (nSPS) is 14.3. The van der Waals surface area contributed by atoms with Gasteiger partial charge < -0.3 is 24.6 Å². The maximum atomic E-state index is 12.6. The van der Waals surface area contributed by atoms with Crippen LogP contribution < -0.4 is 0 Å². The number of phosphoric acid groups is 1. The van der Waals surface area contributed by atoms with Crippen LogP contribution in [0.5, 0.6) is 0 Å². The van der Waals surface area contributed by atoms with Crippen molar-refractivity contribution in [3.05, 3.63) is 48.6 Å². The number of carbonyl (C=O) groups excluding carboxylic acids is 2. The number of allylic oxidation sites excluding steroid dienone is 8. The molecule has 1 unspecified atom stereocenters. The number of esters is 2. The molecule has 0 radical (unpaired) electrons. The Morgan fingerprint density at radius 2 is 0.946 bits per heavy atom. The zero-order valence-corrected chi connectivity index (χ0v) is 36.2. The molecule has 0 amide bonds. The Labute approximate surface area is 341 Å². The molecule has 56 heavy (non-hydrogen) atoms. The van der Waals surface area contributed by atoms with Crippen LogP contribution in [0, 0.1) is 0 Å². The molecule has 11 heteroatoms. The van der Waals surface area contributed by atoms with E-state index >= 15 is 0 Å². The number of phosphoric ester groups is 1. The van der Waals surface area contributed by atoms with E-state index in [1.54, 1.807) is 0 Å². The first-order valence-electron chi connectivity index (χ1n) is 22.1. The van der Waals surface area contributed by atoms with Gasteiger partial charge in [0.1, 0.15) is 12.7 Å². The first kappa shape index (κ1) is 53.9. The quantitative estimate of drug-likeness (QED) is 0.0236. The number of rotatable bonds is 41. The molecule has 0 bridgehead atoms. The summed E-state index contributed by atoms with van der Waals surface area (Å²) in [5.74, 6) is -0.946. The molecule has 10 nitrogen and oxygen atoms in total. The standard InChI is InChI=1S/C45H81O10P/c1-3-5-7-9-11-13-15-17-19-20-21-22-23-25-27-29-31-33-35-37-45(49)55-43(41-54-56(50,51)53-39-42(47)38-46)40-52-44(48)36-34-32-30-28-26-24-18-16-14-12-10-8-6-4-2/h10-13,16-19,42-43,46-47H,3-9,14-15,20-41H2,1-2H3,(H,50,51)/b12-10-,13-11-,18-16-,19-17-/t42-,43+/m0/s1. The fraction of sp³-hybridized carbons (Fsp3) is 0.778. The first-order valence-corrected chi connectivity index (χ1v) is 23.6. The van der Waals surface area contributed by atoms with E-state index in [1.165, 1.54) is 70.6 Å². The molecule has 0 spiro atoms. The molecule has 0 aliphatic carbocycles. The number of ether oxygens (including phenoxy) is 2. The van der Waals surface area contributed by atoms with Crippen LogP contribution in [-0.2, 0) is 32.7 Å². The summed E-state index contributed by atoms with van der Waals surface area (Å²) in [6.45, 7) is 2.29. The molecule has 326 valence electrons. The van der Waals surface area contributed by atoms with Gasteiger partial charge >= 0.3 is 19.8 Å². The van der Waals surface area contributed by atoms with Gasteiger partial charge in [0.25, 0.3) is 0 Å². The van der Waals surface area contributed by atoms with Crippen molar-refractivity contribution >= 4 is 19.8 Å². The second-order valence-corrected chi connectivity index (χ2v) is 16.2. The molecule has 0 saturated heterocycles. The van der Waals surface area contributed by atoms with Crippen LogP contribution in [0.3, 0.4) is 0 Å². The first-order chi connectivity index (χ1) is 27.2. The molecule has 0 aromatic heterocycles. The van der Waals surface area contributed by atoms with Crippen LogP contribution in [0.1, 0.15) is 187 Å². The van der Waals surface area contributed by atoms with Crippen LogP contribution in [0.4, 0.5) is 0 Å². The van der Waals surface area contributed by atoms with Gasteiger partial charge in [-0.1, -0.05) is 152 Å². The summed E-state index contributed by atoms with van der Waals surface area (Å²) < 4.78 is 32.7. The van der Waals surface area contributed by atoms with E-state index in [2.05, 4.69) is 67.0 Å². The molecule has 0 rings (SSSR count). The second kappa shape index (κ2) is 41.1. The average Bonchev–Trinajstić information content (AvgIpc) is 3.19. The van der Waals surface area contributed by atoms with E-state index in [0.717, 1.165) is 77.0 Å². The molecule has 0 saturated carbocycles. The van der Waals surface area contributed by atoms with Crippen LogP contribution in [0.15, 0.2) is 48.6 Å². The Hall–Kier alpha value is -2.07. The lowest BCUT2D eigenvalue weighted by molar-refractivity contribution is -0.161. The van der Waals surface area contributed by atoms with Crippen molar-refractivity contribution in [3.8, 4) is 0 Å². The Morgan fingerprint density at radius 3 is 1.43 bits per heavy atom. The number of unbranched alkanes of at least 4 members (excludes halogenated alkanes) is 19. The highest BCUT2D eigenvalue weighted by molar-refractivity contribution is 7.47. The predicted octanol–water partition coefficient (Wildman–Crippen LogP) is 11.7. The van der Waals surface area contributed by atoms with Gasteiger partial charge in [0.05, 0.1) is 19.8 Å².